The van der Waals surface area contributed by atoms with Crippen molar-refractivity contribution in [3.8, 4) is 32.4 Å². The molecule has 68 heavy (non-hydrogen) atoms. The van der Waals surface area contributed by atoms with Gasteiger partial charge in [0.25, 0.3) is 11.8 Å². The van der Waals surface area contributed by atoms with Crippen molar-refractivity contribution < 1.29 is 95.3 Å². The van der Waals surface area contributed by atoms with Crippen molar-refractivity contribution in [2.24, 2.45) is 0 Å². The SMILES string of the molecule is O=C(NO)C1(S(=O)(=O)c2ccc(-c3ccc(OC(F)(F)C(F)F)cc3)s2)CCOCC1.O=C(NOC1CCCCO1)C1(S(=O)(=O)c2ccc(-c3ccc(OC(F)(F)C(F)F)cc3)s2)CCOCC1. The number of hydrogen-bond acceptors (Lipinski definition) is 15. The first-order valence-corrected chi connectivity index (χ1v) is 25.0. The Hall–Kier alpha value is -4.48. The fourth-order valence-electron chi connectivity index (χ4n) is 7.16. The van der Waals surface area contributed by atoms with Gasteiger partial charge in [-0.1, -0.05) is 0 Å². The second-order valence-corrected chi connectivity index (χ2v) is 22.4. The number of thiophene rings is 2. The molecule has 5 heterocycles. The summed E-state index contributed by atoms with van der Waals surface area (Å²) in [6.45, 7) is 0.660. The number of hydrogen-bond donors (Lipinski definition) is 3. The predicted molar refractivity (Wildman–Crippen MR) is 225 cm³/mol. The van der Waals surface area contributed by atoms with Gasteiger partial charge in [0.1, 0.15) is 19.9 Å². The molecule has 4 aromatic rings. The summed E-state index contributed by atoms with van der Waals surface area (Å²) in [6, 6.07) is 15.2. The number of amides is 2. The zero-order valence-electron chi connectivity index (χ0n) is 35.1. The molecule has 3 aliphatic heterocycles. The first kappa shape index (κ1) is 52.9. The minimum absolute atomic E-state index is 0.0234. The zero-order valence-corrected chi connectivity index (χ0v) is 38.4. The minimum atomic E-state index is -4.64. The highest BCUT2D eigenvalue weighted by Gasteiger charge is 2.54. The van der Waals surface area contributed by atoms with Crippen LogP contribution < -0.4 is 20.4 Å². The van der Waals surface area contributed by atoms with E-state index in [4.69, 9.17) is 24.3 Å². The first-order chi connectivity index (χ1) is 32.1. The number of carbonyl (C=O) groups excluding carboxylic acids is 2. The molecule has 0 saturated carbocycles. The highest BCUT2D eigenvalue weighted by molar-refractivity contribution is 7.96. The average Bonchev–Trinajstić information content (AvgIpc) is 4.04. The van der Waals surface area contributed by atoms with Crippen LogP contribution in [0.1, 0.15) is 44.9 Å². The van der Waals surface area contributed by atoms with Crippen LogP contribution in [-0.4, -0.2) is 108 Å². The van der Waals surface area contributed by atoms with E-state index in [1.165, 1.54) is 54.0 Å². The van der Waals surface area contributed by atoms with Crippen LogP contribution in [0.5, 0.6) is 11.5 Å². The molecular weight excluding hydrogens is 1010 g/mol. The summed E-state index contributed by atoms with van der Waals surface area (Å²) < 4.78 is 175. The van der Waals surface area contributed by atoms with E-state index in [-0.39, 0.29) is 60.5 Å². The Balaban J connectivity index is 0.000000228. The Morgan fingerprint density at radius 1 is 0.632 bits per heavy atom. The number of ether oxygens (including phenoxy) is 5. The summed E-state index contributed by atoms with van der Waals surface area (Å²) >= 11 is 1.73. The summed E-state index contributed by atoms with van der Waals surface area (Å²) in [4.78, 5) is 31.7. The van der Waals surface area contributed by atoms with E-state index in [1.807, 2.05) is 0 Å². The van der Waals surface area contributed by atoms with Crippen molar-refractivity contribution in [3.05, 3.63) is 72.8 Å². The number of halogens is 8. The molecule has 27 heteroatoms. The van der Waals surface area contributed by atoms with Gasteiger partial charge in [-0.05, 0) is 122 Å². The number of sulfone groups is 2. The summed E-state index contributed by atoms with van der Waals surface area (Å²) in [7, 11) is -8.41. The minimum Gasteiger partial charge on any atom is -0.428 e. The maximum absolute atomic E-state index is 13.8. The lowest BCUT2D eigenvalue weighted by Crippen LogP contribution is -2.56. The van der Waals surface area contributed by atoms with E-state index in [1.54, 1.807) is 0 Å². The quantitative estimate of drug-likeness (QED) is 0.0554. The van der Waals surface area contributed by atoms with E-state index in [2.05, 4.69) is 15.0 Å². The van der Waals surface area contributed by atoms with Crippen molar-refractivity contribution >= 4 is 54.2 Å². The third-order valence-electron chi connectivity index (χ3n) is 11.0. The van der Waals surface area contributed by atoms with E-state index in [9.17, 15) is 61.5 Å². The largest absolute Gasteiger partial charge is 0.461 e. The normalized spacial score (nSPS) is 18.8. The standard InChI is InChI=1S/C23H25F4NO7S2.C18H17F4NO6S2/c24-20(25)23(26,27)34-16-6-4-15(5-7-16)17-8-9-19(36-17)37(30,31)22(10-13-32-14-11-22)21(29)28-35-18-3-1-2-12-33-18;19-15(20)18(21,22)29-12-3-1-11(2-4-12)13-5-6-14(30-13)31(26,27)17(16(24)23-25)7-9-28-10-8-17/h4-9,18,20H,1-3,10-14H2,(H,28,29);1-6,15,25H,7-10H2,(H,23,24). The van der Waals surface area contributed by atoms with E-state index in [0.29, 0.717) is 33.9 Å². The second-order valence-electron chi connectivity index (χ2n) is 15.2. The topological polar surface area (TPSA) is 202 Å². The Labute approximate surface area is 391 Å². The van der Waals surface area contributed by atoms with Gasteiger partial charge in [0, 0.05) is 49.2 Å². The van der Waals surface area contributed by atoms with Crippen molar-refractivity contribution in [3.63, 3.8) is 0 Å². The van der Waals surface area contributed by atoms with Gasteiger partial charge < -0.3 is 23.7 Å². The second kappa shape index (κ2) is 21.7. The highest BCUT2D eigenvalue weighted by Crippen LogP contribution is 2.43. The van der Waals surface area contributed by atoms with Crippen LogP contribution in [0, 0.1) is 0 Å². The van der Waals surface area contributed by atoms with Gasteiger partial charge in [-0.15, -0.1) is 22.7 Å². The van der Waals surface area contributed by atoms with E-state index in [0.717, 1.165) is 59.8 Å². The lowest BCUT2D eigenvalue weighted by Gasteiger charge is -2.35. The summed E-state index contributed by atoms with van der Waals surface area (Å²) in [5.41, 5.74) is 4.58. The number of alkyl halides is 8. The van der Waals surface area contributed by atoms with Crippen LogP contribution in [0.15, 0.2) is 81.2 Å². The molecular formula is C41H42F8N2O13S4. The monoisotopic (exact) mass is 1050 g/mol. The number of nitrogens with one attached hydrogen (secondary N) is 2. The lowest BCUT2D eigenvalue weighted by atomic mass is 9.98. The molecule has 2 amide bonds. The van der Waals surface area contributed by atoms with Gasteiger partial charge in [-0.2, -0.15) is 35.1 Å². The molecule has 1 atom stereocenters. The highest BCUT2D eigenvalue weighted by atomic mass is 32.2. The number of rotatable bonds is 16. The molecule has 0 spiro atoms. The van der Waals surface area contributed by atoms with Crippen molar-refractivity contribution in [1.82, 2.24) is 11.0 Å². The number of hydroxylamine groups is 2. The number of benzene rings is 2. The lowest BCUT2D eigenvalue weighted by molar-refractivity contribution is -0.253. The summed E-state index contributed by atoms with van der Waals surface area (Å²) in [5, 5.41) is 9.07. The Kier molecular flexibility index (Phi) is 16.8. The molecule has 3 N–H and O–H groups in total. The molecule has 3 saturated heterocycles. The molecule has 0 aliphatic carbocycles. The smallest absolute Gasteiger partial charge is 0.428 e. The van der Waals surface area contributed by atoms with Crippen LogP contribution in [0.3, 0.4) is 0 Å². The fraction of sp³-hybridized carbons (Fsp3) is 0.463. The van der Waals surface area contributed by atoms with Crippen LogP contribution in [-0.2, 0) is 48.3 Å². The molecule has 0 radical (unpaired) electrons. The molecule has 0 bridgehead atoms. The van der Waals surface area contributed by atoms with E-state index >= 15 is 0 Å². The maximum atomic E-state index is 13.8. The van der Waals surface area contributed by atoms with Crippen LogP contribution in [0.2, 0.25) is 0 Å². The van der Waals surface area contributed by atoms with Crippen molar-refractivity contribution in [1.29, 1.82) is 0 Å². The molecule has 3 fully saturated rings. The summed E-state index contributed by atoms with van der Waals surface area (Å²) in [6.07, 6.45) is -16.0. The molecule has 2 aromatic carbocycles. The predicted octanol–water partition coefficient (Wildman–Crippen LogP) is 8.03. The molecule has 3 aliphatic rings. The Morgan fingerprint density at radius 2 is 1.04 bits per heavy atom. The van der Waals surface area contributed by atoms with Gasteiger partial charge in [-0.3, -0.25) is 14.8 Å². The van der Waals surface area contributed by atoms with Crippen LogP contribution >= 0.6 is 22.7 Å². The van der Waals surface area contributed by atoms with Crippen LogP contribution in [0.25, 0.3) is 20.9 Å². The fourth-order valence-corrected chi connectivity index (χ4v) is 14.3. The van der Waals surface area contributed by atoms with Crippen molar-refractivity contribution in [2.75, 3.05) is 33.0 Å². The molecule has 2 aromatic heterocycles. The van der Waals surface area contributed by atoms with Gasteiger partial charge in [0.15, 0.2) is 15.8 Å². The Bertz CT molecular complexity index is 2560. The van der Waals surface area contributed by atoms with Gasteiger partial charge in [0.2, 0.25) is 19.7 Å². The molecule has 15 nitrogen and oxygen atoms in total. The summed E-state index contributed by atoms with van der Waals surface area (Å²) in [5.74, 6) is -2.81. The zero-order chi connectivity index (χ0) is 49.5. The molecule has 7 rings (SSSR count). The van der Waals surface area contributed by atoms with Gasteiger partial charge >= 0.3 is 25.1 Å². The molecule has 1 unspecified atom stereocenters. The average molecular weight is 1050 g/mol. The van der Waals surface area contributed by atoms with Gasteiger partial charge in [0.05, 0.1) is 0 Å². The van der Waals surface area contributed by atoms with Gasteiger partial charge in [-0.25, -0.2) is 32.6 Å². The third kappa shape index (κ3) is 11.4. The van der Waals surface area contributed by atoms with Crippen LogP contribution in [0.4, 0.5) is 35.1 Å². The first-order valence-electron chi connectivity index (χ1n) is 20.4. The molecule has 374 valence electrons. The maximum Gasteiger partial charge on any atom is 0.461 e. The van der Waals surface area contributed by atoms with Crippen molar-refractivity contribution in [2.45, 2.75) is 94.2 Å². The Morgan fingerprint density at radius 3 is 1.41 bits per heavy atom. The third-order valence-corrected chi connectivity index (χ3v) is 19.2. The number of carbonyl (C=O) groups is 2. The van der Waals surface area contributed by atoms with E-state index < -0.39 is 83.8 Å².